The van der Waals surface area contributed by atoms with E-state index in [0.717, 1.165) is 27.9 Å². The van der Waals surface area contributed by atoms with Crippen molar-refractivity contribution in [1.82, 2.24) is 9.55 Å². The molecule has 0 saturated carbocycles. The fourth-order valence-electron chi connectivity index (χ4n) is 4.20. The summed E-state index contributed by atoms with van der Waals surface area (Å²) in [4.78, 5) is 18.2. The van der Waals surface area contributed by atoms with Crippen LogP contribution in [0.5, 0.6) is 5.75 Å². The predicted octanol–water partition coefficient (Wildman–Crippen LogP) is 5.03. The highest BCUT2D eigenvalue weighted by molar-refractivity contribution is 6.03. The Kier molecular flexibility index (Phi) is 5.11. The molecular weight excluding hydrogens is 402 g/mol. The van der Waals surface area contributed by atoms with Gasteiger partial charge in [-0.15, -0.1) is 0 Å². The van der Waals surface area contributed by atoms with Gasteiger partial charge in [0.05, 0.1) is 42.1 Å². The number of anilines is 1. The normalized spacial score (nSPS) is 15.2. The first-order valence-electron chi connectivity index (χ1n) is 10.6. The Hall–Kier alpha value is -4.06. The van der Waals surface area contributed by atoms with Gasteiger partial charge in [0, 0.05) is 0 Å². The third-order valence-corrected chi connectivity index (χ3v) is 5.62. The number of hydrogen-bond donors (Lipinski definition) is 1. The zero-order valence-corrected chi connectivity index (χ0v) is 17.9. The predicted molar refractivity (Wildman–Crippen MR) is 124 cm³/mol. The quantitative estimate of drug-likeness (QED) is 0.454. The van der Waals surface area contributed by atoms with Gasteiger partial charge < -0.3 is 14.8 Å². The van der Waals surface area contributed by atoms with Crippen LogP contribution in [0.2, 0.25) is 0 Å². The van der Waals surface area contributed by atoms with Gasteiger partial charge in [-0.2, -0.15) is 0 Å². The highest BCUT2D eigenvalue weighted by atomic mass is 16.5. The molecule has 0 aliphatic carbocycles. The Morgan fingerprint density at radius 2 is 1.72 bits per heavy atom. The molecular formula is C26H23N3O3. The Morgan fingerprint density at radius 1 is 1.00 bits per heavy atom. The number of esters is 1. The van der Waals surface area contributed by atoms with Gasteiger partial charge in [-0.05, 0) is 54.4 Å². The van der Waals surface area contributed by atoms with Gasteiger partial charge in [0.2, 0.25) is 5.95 Å². The molecule has 5 rings (SSSR count). The molecule has 3 aromatic carbocycles. The lowest BCUT2D eigenvalue weighted by Gasteiger charge is -2.31. The van der Waals surface area contributed by atoms with Gasteiger partial charge >= 0.3 is 5.97 Å². The van der Waals surface area contributed by atoms with Crippen LogP contribution in [-0.2, 0) is 9.53 Å². The van der Waals surface area contributed by atoms with E-state index < -0.39 is 6.04 Å². The zero-order chi connectivity index (χ0) is 22.1. The fourth-order valence-corrected chi connectivity index (χ4v) is 4.20. The molecule has 1 aromatic heterocycles. The molecule has 0 unspecified atom stereocenters. The number of carbonyl (C=O) groups is 1. The number of methoxy groups -OCH3 is 1. The second-order valence-corrected chi connectivity index (χ2v) is 7.47. The van der Waals surface area contributed by atoms with Gasteiger partial charge in [0.25, 0.3) is 0 Å². The number of hydrogen-bond acceptors (Lipinski definition) is 5. The lowest BCUT2D eigenvalue weighted by Crippen LogP contribution is -2.29. The molecule has 1 aliphatic rings. The zero-order valence-electron chi connectivity index (χ0n) is 17.9. The number of rotatable bonds is 5. The summed E-state index contributed by atoms with van der Waals surface area (Å²) in [5.74, 6) is 1.07. The van der Waals surface area contributed by atoms with Crippen molar-refractivity contribution in [3.63, 3.8) is 0 Å². The van der Waals surface area contributed by atoms with Crippen molar-refractivity contribution < 1.29 is 14.3 Å². The Balaban J connectivity index is 1.80. The molecule has 0 radical (unpaired) electrons. The maximum Gasteiger partial charge on any atom is 0.338 e. The fraction of sp³-hybridized carbons (Fsp3) is 0.154. The smallest absolute Gasteiger partial charge is 0.338 e. The maximum atomic E-state index is 13.4. The number of aromatic nitrogens is 2. The highest BCUT2D eigenvalue weighted by Gasteiger charge is 2.36. The number of imidazole rings is 1. The molecule has 6 heteroatoms. The van der Waals surface area contributed by atoms with Crippen LogP contribution in [0.4, 0.5) is 5.95 Å². The van der Waals surface area contributed by atoms with Crippen molar-refractivity contribution >= 4 is 28.6 Å². The molecule has 1 atom stereocenters. The van der Waals surface area contributed by atoms with Crippen LogP contribution in [0.25, 0.3) is 16.7 Å². The molecule has 1 aliphatic heterocycles. The average Bonchev–Trinajstić information content (AvgIpc) is 3.22. The van der Waals surface area contributed by atoms with E-state index in [1.54, 1.807) is 7.11 Å². The summed E-state index contributed by atoms with van der Waals surface area (Å²) in [5, 5.41) is 3.42. The van der Waals surface area contributed by atoms with Crippen molar-refractivity contribution in [1.29, 1.82) is 0 Å². The van der Waals surface area contributed by atoms with Crippen molar-refractivity contribution in [3.8, 4) is 5.75 Å². The standard InChI is InChI=1S/C26H23N3O3/c1-3-32-25(30)22-23(17-13-15-19(31-2)16-14-17)28-26-27-20-11-7-8-12-21(20)29(26)24(22)18-9-5-4-6-10-18/h4-16,24H,3H2,1-2H3,(H,27,28)/t24-/m1/s1. The number of nitrogens with zero attached hydrogens (tertiary/aromatic N) is 2. The lowest BCUT2D eigenvalue weighted by molar-refractivity contribution is -0.138. The van der Waals surface area contributed by atoms with Crippen LogP contribution >= 0.6 is 0 Å². The van der Waals surface area contributed by atoms with Crippen LogP contribution in [0.3, 0.4) is 0 Å². The molecule has 1 N–H and O–H groups in total. The number of fused-ring (bicyclic) bond motifs is 3. The first-order chi connectivity index (χ1) is 15.7. The van der Waals surface area contributed by atoms with Crippen LogP contribution in [-0.4, -0.2) is 29.2 Å². The highest BCUT2D eigenvalue weighted by Crippen LogP contribution is 2.42. The summed E-state index contributed by atoms with van der Waals surface area (Å²) in [6, 6.07) is 25.1. The molecule has 4 aromatic rings. The van der Waals surface area contributed by atoms with Crippen LogP contribution < -0.4 is 10.1 Å². The van der Waals surface area contributed by atoms with Crippen molar-refractivity contribution in [3.05, 3.63) is 95.6 Å². The summed E-state index contributed by atoms with van der Waals surface area (Å²) < 4.78 is 12.9. The number of nitrogens with one attached hydrogen (secondary N) is 1. The monoisotopic (exact) mass is 425 g/mol. The summed E-state index contributed by atoms with van der Waals surface area (Å²) in [6.45, 7) is 2.11. The summed E-state index contributed by atoms with van der Waals surface area (Å²) in [6.07, 6.45) is 0. The van der Waals surface area contributed by atoms with Crippen LogP contribution in [0, 0.1) is 0 Å². The van der Waals surface area contributed by atoms with Crippen molar-refractivity contribution in [2.24, 2.45) is 0 Å². The minimum absolute atomic E-state index is 0.289. The number of carbonyl (C=O) groups excluding carboxylic acids is 1. The van der Waals surface area contributed by atoms with Gasteiger partial charge in [-0.1, -0.05) is 42.5 Å². The summed E-state index contributed by atoms with van der Waals surface area (Å²) >= 11 is 0. The third kappa shape index (κ3) is 3.30. The molecule has 0 saturated heterocycles. The first-order valence-corrected chi connectivity index (χ1v) is 10.6. The number of para-hydroxylation sites is 2. The largest absolute Gasteiger partial charge is 0.497 e. The molecule has 2 heterocycles. The SMILES string of the molecule is CCOC(=O)C1=C(c2ccc(OC)cc2)Nc2nc3ccccc3n2[C@@H]1c1ccccc1. The Labute approximate surface area is 186 Å². The van der Waals surface area contributed by atoms with Crippen molar-refractivity contribution in [2.45, 2.75) is 13.0 Å². The van der Waals surface area contributed by atoms with E-state index in [1.807, 2.05) is 85.8 Å². The molecule has 0 bridgehead atoms. The number of ether oxygens (including phenoxy) is 2. The Bertz CT molecular complexity index is 1310. The van der Waals surface area contributed by atoms with Gasteiger partial charge in [-0.3, -0.25) is 4.57 Å². The second kappa shape index (κ2) is 8.23. The molecule has 0 spiro atoms. The van der Waals surface area contributed by atoms with Crippen LogP contribution in [0.15, 0.2) is 84.4 Å². The summed E-state index contributed by atoms with van der Waals surface area (Å²) in [7, 11) is 1.63. The molecule has 0 amide bonds. The van der Waals surface area contributed by atoms with E-state index in [0.29, 0.717) is 17.2 Å². The molecule has 6 nitrogen and oxygen atoms in total. The average molecular weight is 425 g/mol. The van der Waals surface area contributed by atoms with Gasteiger partial charge in [0.1, 0.15) is 5.75 Å². The maximum absolute atomic E-state index is 13.4. The Morgan fingerprint density at radius 3 is 2.44 bits per heavy atom. The minimum atomic E-state index is -0.393. The molecule has 0 fully saturated rings. The molecule has 32 heavy (non-hydrogen) atoms. The van der Waals surface area contributed by atoms with Crippen molar-refractivity contribution in [2.75, 3.05) is 19.0 Å². The third-order valence-electron chi connectivity index (χ3n) is 5.62. The first kappa shape index (κ1) is 19.9. The lowest BCUT2D eigenvalue weighted by atomic mass is 9.92. The minimum Gasteiger partial charge on any atom is -0.497 e. The molecule has 160 valence electrons. The van der Waals surface area contributed by atoms with E-state index in [-0.39, 0.29) is 12.6 Å². The van der Waals surface area contributed by atoms with E-state index in [2.05, 4.69) is 9.88 Å². The van der Waals surface area contributed by atoms with Crippen LogP contribution in [0.1, 0.15) is 24.1 Å². The van der Waals surface area contributed by atoms with E-state index >= 15 is 0 Å². The summed E-state index contributed by atoms with van der Waals surface area (Å²) in [5.41, 5.74) is 4.86. The van der Waals surface area contributed by atoms with E-state index in [4.69, 9.17) is 14.5 Å². The van der Waals surface area contributed by atoms with E-state index in [9.17, 15) is 4.79 Å². The number of benzene rings is 3. The van der Waals surface area contributed by atoms with E-state index in [1.165, 1.54) is 0 Å². The topological polar surface area (TPSA) is 65.4 Å². The van der Waals surface area contributed by atoms with Gasteiger partial charge in [-0.25, -0.2) is 9.78 Å². The second-order valence-electron chi connectivity index (χ2n) is 7.47. The van der Waals surface area contributed by atoms with Gasteiger partial charge in [0.15, 0.2) is 0 Å².